The summed E-state index contributed by atoms with van der Waals surface area (Å²) >= 11 is 0. The van der Waals surface area contributed by atoms with Gasteiger partial charge in [0, 0.05) is 37.5 Å². The Kier molecular flexibility index (Phi) is 8.87. The Balaban J connectivity index is 1.87. The van der Waals surface area contributed by atoms with Gasteiger partial charge in [-0.3, -0.25) is 14.4 Å². The molecular formula is C23H29N3O5. The topological polar surface area (TPSA) is 88.2 Å². The molecule has 2 aromatic carbocycles. The largest absolute Gasteiger partial charge is 0.497 e. The van der Waals surface area contributed by atoms with Crippen molar-refractivity contribution < 1.29 is 23.9 Å². The van der Waals surface area contributed by atoms with Crippen molar-refractivity contribution in [1.29, 1.82) is 0 Å². The zero-order chi connectivity index (χ0) is 22.8. The van der Waals surface area contributed by atoms with Crippen LogP contribution in [0.15, 0.2) is 48.5 Å². The molecule has 0 radical (unpaired) electrons. The summed E-state index contributed by atoms with van der Waals surface area (Å²) in [6, 6.07) is 13.5. The minimum atomic E-state index is -0.317. The van der Waals surface area contributed by atoms with E-state index in [1.807, 2.05) is 13.8 Å². The number of amides is 3. The van der Waals surface area contributed by atoms with E-state index in [2.05, 4.69) is 5.32 Å². The van der Waals surface area contributed by atoms with E-state index in [1.165, 1.54) is 4.90 Å². The number of nitrogens with zero attached hydrogens (tertiary/aromatic N) is 2. The molecule has 0 aliphatic carbocycles. The number of likely N-dealkylation sites (N-methyl/N-ethyl adjacent to an activating group) is 2. The number of ether oxygens (including phenoxy) is 2. The maximum atomic E-state index is 12.6. The SMILES string of the molecule is CCN(CC)C(=O)CN(C)C(=O)c1ccc(OCC(=O)Nc2cccc(OC)c2)cc1. The minimum absolute atomic E-state index is 0.0171. The number of rotatable bonds is 10. The average Bonchev–Trinajstić information content (AvgIpc) is 2.78. The van der Waals surface area contributed by atoms with Crippen LogP contribution >= 0.6 is 0 Å². The van der Waals surface area contributed by atoms with Crippen LogP contribution in [0, 0.1) is 0 Å². The first kappa shape index (κ1) is 23.7. The van der Waals surface area contributed by atoms with Gasteiger partial charge < -0.3 is 24.6 Å². The van der Waals surface area contributed by atoms with Crippen LogP contribution in [-0.4, -0.2) is 67.9 Å². The molecule has 0 aliphatic rings. The third kappa shape index (κ3) is 7.02. The Bertz CT molecular complexity index is 894. The van der Waals surface area contributed by atoms with Gasteiger partial charge in [-0.15, -0.1) is 0 Å². The molecule has 0 bridgehead atoms. The van der Waals surface area contributed by atoms with E-state index in [-0.39, 0.29) is 30.9 Å². The van der Waals surface area contributed by atoms with E-state index < -0.39 is 0 Å². The molecule has 166 valence electrons. The molecule has 0 unspecified atom stereocenters. The maximum Gasteiger partial charge on any atom is 0.262 e. The number of methoxy groups -OCH3 is 1. The number of hydrogen-bond donors (Lipinski definition) is 1. The second kappa shape index (κ2) is 11.6. The highest BCUT2D eigenvalue weighted by molar-refractivity contribution is 5.96. The van der Waals surface area contributed by atoms with Crippen molar-refractivity contribution in [3.63, 3.8) is 0 Å². The van der Waals surface area contributed by atoms with Gasteiger partial charge in [-0.05, 0) is 50.2 Å². The van der Waals surface area contributed by atoms with Crippen molar-refractivity contribution in [2.75, 3.05) is 45.7 Å². The molecule has 2 aromatic rings. The van der Waals surface area contributed by atoms with Crippen molar-refractivity contribution in [1.82, 2.24) is 9.80 Å². The highest BCUT2D eigenvalue weighted by atomic mass is 16.5. The second-order valence-electron chi connectivity index (χ2n) is 6.82. The summed E-state index contributed by atoms with van der Waals surface area (Å²) in [5, 5.41) is 2.73. The molecule has 3 amide bonds. The predicted octanol–water partition coefficient (Wildman–Crippen LogP) is 2.65. The van der Waals surface area contributed by atoms with Gasteiger partial charge in [-0.2, -0.15) is 0 Å². The van der Waals surface area contributed by atoms with Gasteiger partial charge >= 0.3 is 0 Å². The number of hydrogen-bond acceptors (Lipinski definition) is 5. The summed E-state index contributed by atoms with van der Waals surface area (Å²) in [4.78, 5) is 39.9. The highest BCUT2D eigenvalue weighted by Crippen LogP contribution is 2.17. The summed E-state index contributed by atoms with van der Waals surface area (Å²) in [6.45, 7) is 4.85. The molecule has 31 heavy (non-hydrogen) atoms. The van der Waals surface area contributed by atoms with Crippen LogP contribution in [-0.2, 0) is 9.59 Å². The Hall–Kier alpha value is -3.55. The van der Waals surface area contributed by atoms with Crippen LogP contribution in [0.5, 0.6) is 11.5 Å². The van der Waals surface area contributed by atoms with Crippen LogP contribution in [0.25, 0.3) is 0 Å². The van der Waals surface area contributed by atoms with E-state index in [1.54, 1.807) is 67.6 Å². The number of carbonyl (C=O) groups excluding carboxylic acids is 3. The number of anilines is 1. The van der Waals surface area contributed by atoms with Gasteiger partial charge in [0.1, 0.15) is 11.5 Å². The fraction of sp³-hybridized carbons (Fsp3) is 0.348. The first-order valence-electron chi connectivity index (χ1n) is 10.1. The lowest BCUT2D eigenvalue weighted by Crippen LogP contribution is -2.41. The second-order valence-corrected chi connectivity index (χ2v) is 6.82. The molecule has 0 atom stereocenters. The molecule has 2 rings (SSSR count). The van der Waals surface area contributed by atoms with Crippen molar-refractivity contribution >= 4 is 23.4 Å². The average molecular weight is 428 g/mol. The Morgan fingerprint density at radius 1 is 0.968 bits per heavy atom. The summed E-state index contributed by atoms with van der Waals surface area (Å²) in [7, 11) is 3.15. The lowest BCUT2D eigenvalue weighted by atomic mass is 10.2. The molecule has 0 aromatic heterocycles. The van der Waals surface area contributed by atoms with Crippen molar-refractivity contribution in [2.45, 2.75) is 13.8 Å². The quantitative estimate of drug-likeness (QED) is 0.630. The van der Waals surface area contributed by atoms with Crippen LogP contribution in [0.3, 0.4) is 0 Å². The summed E-state index contributed by atoms with van der Waals surface area (Å²) < 4.78 is 10.6. The van der Waals surface area contributed by atoms with E-state index >= 15 is 0 Å². The lowest BCUT2D eigenvalue weighted by Gasteiger charge is -2.23. The smallest absolute Gasteiger partial charge is 0.262 e. The van der Waals surface area contributed by atoms with E-state index in [4.69, 9.17) is 9.47 Å². The third-order valence-corrected chi connectivity index (χ3v) is 4.66. The van der Waals surface area contributed by atoms with Crippen molar-refractivity contribution in [3.05, 3.63) is 54.1 Å². The van der Waals surface area contributed by atoms with E-state index in [9.17, 15) is 14.4 Å². The molecule has 0 saturated heterocycles. The van der Waals surface area contributed by atoms with Gasteiger partial charge in [0.25, 0.3) is 11.8 Å². The molecule has 8 nitrogen and oxygen atoms in total. The highest BCUT2D eigenvalue weighted by Gasteiger charge is 2.18. The first-order chi connectivity index (χ1) is 14.9. The molecular weight excluding hydrogens is 398 g/mol. The van der Waals surface area contributed by atoms with Crippen molar-refractivity contribution in [3.8, 4) is 11.5 Å². The molecule has 8 heteroatoms. The summed E-state index contributed by atoms with van der Waals surface area (Å²) in [5.74, 6) is 0.427. The van der Waals surface area contributed by atoms with E-state index in [0.717, 1.165) is 0 Å². The predicted molar refractivity (Wildman–Crippen MR) is 118 cm³/mol. The normalized spacial score (nSPS) is 10.2. The summed E-state index contributed by atoms with van der Waals surface area (Å²) in [5.41, 5.74) is 1.04. The monoisotopic (exact) mass is 427 g/mol. The number of carbonyl (C=O) groups is 3. The molecule has 0 saturated carbocycles. The van der Waals surface area contributed by atoms with Crippen LogP contribution in [0.1, 0.15) is 24.2 Å². The molecule has 0 heterocycles. The zero-order valence-corrected chi connectivity index (χ0v) is 18.4. The standard InChI is InChI=1S/C23H29N3O5/c1-5-26(6-2)22(28)15-25(3)23(29)17-10-12-19(13-11-17)31-16-21(27)24-18-8-7-9-20(14-18)30-4/h7-14H,5-6,15-16H2,1-4H3,(H,24,27). The minimum Gasteiger partial charge on any atom is -0.497 e. The molecule has 0 fully saturated rings. The number of nitrogens with one attached hydrogen (secondary N) is 1. The fourth-order valence-electron chi connectivity index (χ4n) is 2.91. The zero-order valence-electron chi connectivity index (χ0n) is 18.4. The lowest BCUT2D eigenvalue weighted by molar-refractivity contribution is -0.131. The van der Waals surface area contributed by atoms with E-state index in [0.29, 0.717) is 35.8 Å². The van der Waals surface area contributed by atoms with Gasteiger partial charge in [0.05, 0.1) is 13.7 Å². The molecule has 0 spiro atoms. The Morgan fingerprint density at radius 2 is 1.65 bits per heavy atom. The van der Waals surface area contributed by atoms with Crippen molar-refractivity contribution in [2.24, 2.45) is 0 Å². The van der Waals surface area contributed by atoms with Gasteiger partial charge in [0.15, 0.2) is 6.61 Å². The van der Waals surface area contributed by atoms with Gasteiger partial charge in [-0.25, -0.2) is 0 Å². The van der Waals surface area contributed by atoms with Gasteiger partial charge in [0.2, 0.25) is 5.91 Å². The third-order valence-electron chi connectivity index (χ3n) is 4.66. The van der Waals surface area contributed by atoms with Gasteiger partial charge in [-0.1, -0.05) is 6.07 Å². The first-order valence-corrected chi connectivity index (χ1v) is 10.1. The van der Waals surface area contributed by atoms with Crippen LogP contribution in [0.4, 0.5) is 5.69 Å². The van der Waals surface area contributed by atoms with Crippen LogP contribution < -0.4 is 14.8 Å². The molecule has 0 aliphatic heterocycles. The molecule has 1 N–H and O–H groups in total. The van der Waals surface area contributed by atoms with Crippen LogP contribution in [0.2, 0.25) is 0 Å². The maximum absolute atomic E-state index is 12.6. The fourth-order valence-corrected chi connectivity index (χ4v) is 2.91. The Morgan fingerprint density at radius 3 is 2.26 bits per heavy atom. The number of benzene rings is 2. The summed E-state index contributed by atoms with van der Waals surface area (Å²) in [6.07, 6.45) is 0. The Labute approximate surface area is 182 Å².